The van der Waals surface area contributed by atoms with Crippen LogP contribution < -0.4 is 0 Å². The molecule has 122 valence electrons. The van der Waals surface area contributed by atoms with Gasteiger partial charge >= 0.3 is 0 Å². The molecule has 0 aliphatic rings. The first-order valence-corrected chi connectivity index (χ1v) is 8.61. The molecule has 0 aliphatic heterocycles. The third kappa shape index (κ3) is 4.12. The lowest BCUT2D eigenvalue weighted by Gasteiger charge is -2.21. The summed E-state index contributed by atoms with van der Waals surface area (Å²) in [6, 6.07) is 29.5. The third-order valence-electron chi connectivity index (χ3n) is 4.62. The predicted octanol–water partition coefficient (Wildman–Crippen LogP) is 5.45. The molecule has 0 saturated carbocycles. The van der Waals surface area contributed by atoms with Crippen LogP contribution in [0.3, 0.4) is 0 Å². The molecule has 1 N–H and O–H groups in total. The van der Waals surface area contributed by atoms with Gasteiger partial charge in [-0.25, -0.2) is 0 Å². The molecule has 24 heavy (non-hydrogen) atoms. The Morgan fingerprint density at radius 1 is 0.708 bits per heavy atom. The molecule has 3 aromatic rings. The van der Waals surface area contributed by atoms with Gasteiger partial charge in [0.15, 0.2) is 0 Å². The molecule has 3 aromatic carbocycles. The van der Waals surface area contributed by atoms with E-state index in [0.717, 1.165) is 12.8 Å². The van der Waals surface area contributed by atoms with E-state index in [1.807, 2.05) is 19.1 Å². The fraction of sp³-hybridized carbons (Fsp3) is 0.217. The maximum Gasteiger partial charge on any atom is 0.0580 e. The van der Waals surface area contributed by atoms with Crippen LogP contribution in [-0.4, -0.2) is 11.2 Å². The van der Waals surface area contributed by atoms with Gasteiger partial charge in [0.1, 0.15) is 0 Å². The number of hydrogen-bond acceptors (Lipinski definition) is 1. The lowest BCUT2D eigenvalue weighted by Crippen LogP contribution is -2.15. The molecular weight excluding hydrogens is 292 g/mol. The van der Waals surface area contributed by atoms with Crippen molar-refractivity contribution in [3.63, 3.8) is 0 Å². The maximum atomic E-state index is 10.2. The van der Waals surface area contributed by atoms with Crippen LogP contribution in [0.2, 0.25) is 0 Å². The van der Waals surface area contributed by atoms with Gasteiger partial charge in [-0.1, -0.05) is 84.9 Å². The number of rotatable bonds is 6. The summed E-state index contributed by atoms with van der Waals surface area (Å²) in [6.07, 6.45) is 1.58. The number of hydrogen-bond donors (Lipinski definition) is 1. The monoisotopic (exact) mass is 316 g/mol. The summed E-state index contributed by atoms with van der Waals surface area (Å²) in [6.45, 7) is 1.89. The average Bonchev–Trinajstić information content (AvgIpc) is 2.64. The number of aryl methyl sites for hydroxylation is 1. The normalized spacial score (nSPS) is 13.4. The predicted molar refractivity (Wildman–Crippen MR) is 101 cm³/mol. The summed E-state index contributed by atoms with van der Waals surface area (Å²) in [5.41, 5.74) is 4.97. The van der Waals surface area contributed by atoms with Gasteiger partial charge in [-0.3, -0.25) is 0 Å². The largest absolute Gasteiger partial charge is 0.393 e. The smallest absolute Gasteiger partial charge is 0.0580 e. The molecule has 0 fully saturated rings. The van der Waals surface area contributed by atoms with Crippen molar-refractivity contribution < 1.29 is 5.11 Å². The zero-order valence-corrected chi connectivity index (χ0v) is 14.1. The minimum Gasteiger partial charge on any atom is -0.393 e. The van der Waals surface area contributed by atoms with E-state index in [1.165, 1.54) is 22.3 Å². The van der Waals surface area contributed by atoms with E-state index in [-0.39, 0.29) is 12.0 Å². The van der Waals surface area contributed by atoms with E-state index < -0.39 is 0 Å². The van der Waals surface area contributed by atoms with Gasteiger partial charge in [0.25, 0.3) is 0 Å². The highest BCUT2D eigenvalue weighted by Gasteiger charge is 2.17. The standard InChI is InChI=1S/C23H24O/c1-18(24)23(17-12-19-8-4-2-5-9-19)22-15-13-21(14-16-22)20-10-6-3-7-11-20/h2-11,13-16,18,23-24H,12,17H2,1H3. The highest BCUT2D eigenvalue weighted by atomic mass is 16.3. The van der Waals surface area contributed by atoms with Crippen LogP contribution in [0.15, 0.2) is 84.9 Å². The molecule has 0 heterocycles. The van der Waals surface area contributed by atoms with Crippen LogP contribution in [0.25, 0.3) is 11.1 Å². The molecule has 0 spiro atoms. The Kier molecular flexibility index (Phi) is 5.45. The van der Waals surface area contributed by atoms with Crippen molar-refractivity contribution in [2.24, 2.45) is 0 Å². The van der Waals surface area contributed by atoms with E-state index in [4.69, 9.17) is 0 Å². The van der Waals surface area contributed by atoms with Crippen molar-refractivity contribution in [2.75, 3.05) is 0 Å². The van der Waals surface area contributed by atoms with Crippen LogP contribution in [-0.2, 0) is 6.42 Å². The topological polar surface area (TPSA) is 20.2 Å². The lowest BCUT2D eigenvalue weighted by molar-refractivity contribution is 0.157. The second kappa shape index (κ2) is 7.94. The van der Waals surface area contributed by atoms with E-state index in [0.29, 0.717) is 0 Å². The van der Waals surface area contributed by atoms with Crippen molar-refractivity contribution in [1.29, 1.82) is 0 Å². The molecule has 1 nitrogen and oxygen atoms in total. The molecule has 0 amide bonds. The van der Waals surface area contributed by atoms with E-state index >= 15 is 0 Å². The van der Waals surface area contributed by atoms with Crippen molar-refractivity contribution >= 4 is 0 Å². The molecule has 2 atom stereocenters. The number of benzene rings is 3. The Labute approximate surface area is 144 Å². The Bertz CT molecular complexity index is 730. The average molecular weight is 316 g/mol. The maximum absolute atomic E-state index is 10.2. The summed E-state index contributed by atoms with van der Waals surface area (Å²) < 4.78 is 0. The van der Waals surface area contributed by atoms with Crippen LogP contribution >= 0.6 is 0 Å². The quantitative estimate of drug-likeness (QED) is 0.641. The van der Waals surface area contributed by atoms with Crippen LogP contribution in [0, 0.1) is 0 Å². The Balaban J connectivity index is 1.74. The lowest BCUT2D eigenvalue weighted by atomic mass is 9.87. The highest BCUT2D eigenvalue weighted by Crippen LogP contribution is 2.28. The first-order valence-electron chi connectivity index (χ1n) is 8.61. The fourth-order valence-electron chi connectivity index (χ4n) is 3.21. The van der Waals surface area contributed by atoms with Crippen LogP contribution in [0.4, 0.5) is 0 Å². The highest BCUT2D eigenvalue weighted by molar-refractivity contribution is 5.63. The summed E-state index contributed by atoms with van der Waals surface area (Å²) in [5.74, 6) is 0.162. The van der Waals surface area contributed by atoms with Gasteiger partial charge in [0, 0.05) is 5.92 Å². The zero-order valence-electron chi connectivity index (χ0n) is 14.1. The van der Waals surface area contributed by atoms with Gasteiger partial charge < -0.3 is 5.11 Å². The van der Waals surface area contributed by atoms with Crippen molar-refractivity contribution in [2.45, 2.75) is 31.8 Å². The SMILES string of the molecule is CC(O)C(CCc1ccccc1)c1ccc(-c2ccccc2)cc1. The molecule has 0 bridgehead atoms. The van der Waals surface area contributed by atoms with Gasteiger partial charge in [-0.05, 0) is 42.0 Å². The molecule has 3 rings (SSSR count). The van der Waals surface area contributed by atoms with Crippen LogP contribution in [0.5, 0.6) is 0 Å². The molecule has 0 aromatic heterocycles. The van der Waals surface area contributed by atoms with Gasteiger partial charge in [-0.2, -0.15) is 0 Å². The second-order valence-corrected chi connectivity index (χ2v) is 6.36. The fourth-order valence-corrected chi connectivity index (χ4v) is 3.21. The Morgan fingerprint density at radius 2 is 1.25 bits per heavy atom. The van der Waals surface area contributed by atoms with Gasteiger partial charge in [-0.15, -0.1) is 0 Å². The van der Waals surface area contributed by atoms with Crippen molar-refractivity contribution in [3.05, 3.63) is 96.1 Å². The molecular formula is C23H24O. The summed E-state index contributed by atoms with van der Waals surface area (Å²) >= 11 is 0. The van der Waals surface area contributed by atoms with E-state index in [1.54, 1.807) is 0 Å². The van der Waals surface area contributed by atoms with Crippen LogP contribution in [0.1, 0.15) is 30.4 Å². The Morgan fingerprint density at radius 3 is 1.83 bits per heavy atom. The molecule has 1 heteroatoms. The van der Waals surface area contributed by atoms with Crippen molar-refractivity contribution in [3.8, 4) is 11.1 Å². The molecule has 0 aliphatic carbocycles. The minimum absolute atomic E-state index is 0.162. The Hall–Kier alpha value is -2.38. The first-order chi connectivity index (χ1) is 11.7. The van der Waals surface area contributed by atoms with Gasteiger partial charge in [0.2, 0.25) is 0 Å². The zero-order chi connectivity index (χ0) is 16.8. The molecule has 2 unspecified atom stereocenters. The molecule has 0 radical (unpaired) electrons. The van der Waals surface area contributed by atoms with Gasteiger partial charge in [0.05, 0.1) is 6.10 Å². The number of aliphatic hydroxyl groups excluding tert-OH is 1. The third-order valence-corrected chi connectivity index (χ3v) is 4.62. The summed E-state index contributed by atoms with van der Waals surface area (Å²) in [4.78, 5) is 0. The summed E-state index contributed by atoms with van der Waals surface area (Å²) in [5, 5.41) is 10.2. The minimum atomic E-state index is -0.351. The number of aliphatic hydroxyl groups is 1. The van der Waals surface area contributed by atoms with E-state index in [9.17, 15) is 5.11 Å². The summed E-state index contributed by atoms with van der Waals surface area (Å²) in [7, 11) is 0. The second-order valence-electron chi connectivity index (χ2n) is 6.36. The molecule has 0 saturated heterocycles. The van der Waals surface area contributed by atoms with E-state index in [2.05, 4.69) is 72.8 Å². The van der Waals surface area contributed by atoms with Crippen molar-refractivity contribution in [1.82, 2.24) is 0 Å². The first kappa shape index (κ1) is 16.5.